The molecule has 1 fully saturated rings. The summed E-state index contributed by atoms with van der Waals surface area (Å²) in [7, 11) is 2.14. The number of halogens is 1. The number of fused-ring (bicyclic) bond motifs is 3. The zero-order valence-corrected chi connectivity index (χ0v) is 15.0. The van der Waals surface area contributed by atoms with Gasteiger partial charge in [-0.2, -0.15) is 0 Å². The van der Waals surface area contributed by atoms with Crippen LogP contribution in [0.4, 0.5) is 0 Å². The Morgan fingerprint density at radius 1 is 1.17 bits per heavy atom. The molecule has 0 aliphatic carbocycles. The Hall–Kier alpha value is -1.52. The number of aromatic nitrogens is 1. The summed E-state index contributed by atoms with van der Waals surface area (Å²) < 4.78 is 2.23. The molecule has 0 unspecified atom stereocenters. The van der Waals surface area contributed by atoms with Crippen LogP contribution in [-0.4, -0.2) is 47.0 Å². The summed E-state index contributed by atoms with van der Waals surface area (Å²) in [6.07, 6.45) is 4.53. The number of rotatable bonds is 2. The molecule has 1 aromatic heterocycles. The molecule has 0 N–H and O–H groups in total. The van der Waals surface area contributed by atoms with Crippen LogP contribution in [0.25, 0.3) is 10.9 Å². The minimum absolute atomic E-state index is 0.248. The molecular formula is C19H24ClN3O. The third kappa shape index (κ3) is 2.82. The van der Waals surface area contributed by atoms with Crippen LogP contribution in [-0.2, 0) is 24.3 Å². The number of hydrogen-bond donors (Lipinski definition) is 0. The van der Waals surface area contributed by atoms with E-state index >= 15 is 0 Å². The van der Waals surface area contributed by atoms with Gasteiger partial charge in [0.25, 0.3) is 0 Å². The highest BCUT2D eigenvalue weighted by Gasteiger charge is 2.25. The van der Waals surface area contributed by atoms with E-state index in [1.54, 1.807) is 0 Å². The van der Waals surface area contributed by atoms with Gasteiger partial charge in [-0.3, -0.25) is 4.79 Å². The van der Waals surface area contributed by atoms with Gasteiger partial charge < -0.3 is 14.4 Å². The van der Waals surface area contributed by atoms with Crippen molar-refractivity contribution in [2.24, 2.45) is 0 Å². The van der Waals surface area contributed by atoms with Crippen molar-refractivity contribution in [2.45, 2.75) is 38.8 Å². The second-order valence-electron chi connectivity index (χ2n) is 7.10. The van der Waals surface area contributed by atoms with E-state index in [4.69, 9.17) is 11.6 Å². The molecule has 0 atom stereocenters. The van der Waals surface area contributed by atoms with Gasteiger partial charge in [-0.05, 0) is 56.5 Å². The molecule has 0 saturated carbocycles. The molecular weight excluding hydrogens is 322 g/mol. The number of carbonyl (C=O) groups excluding carboxylic acids is 1. The van der Waals surface area contributed by atoms with E-state index in [9.17, 15) is 4.79 Å². The fourth-order valence-corrected chi connectivity index (χ4v) is 4.28. The smallest absolute Gasteiger partial charge is 0.242 e. The normalized spacial score (nSPS) is 18.8. The number of amides is 1. The molecule has 2 aliphatic heterocycles. The number of likely N-dealkylation sites (tertiary alicyclic amines) is 1. The van der Waals surface area contributed by atoms with E-state index in [1.165, 1.54) is 23.1 Å². The third-order valence-corrected chi connectivity index (χ3v) is 5.65. The largest absolute Gasteiger partial charge is 0.341 e. The number of piperidine rings is 1. The van der Waals surface area contributed by atoms with Crippen molar-refractivity contribution in [1.82, 2.24) is 14.4 Å². The highest BCUT2D eigenvalue weighted by molar-refractivity contribution is 6.31. The predicted molar refractivity (Wildman–Crippen MR) is 97.4 cm³/mol. The summed E-state index contributed by atoms with van der Waals surface area (Å²) in [5.41, 5.74) is 3.80. The zero-order valence-electron chi connectivity index (χ0n) is 14.2. The SMILES string of the molecule is CN1CCc2c(n(CC(=O)N3CCCCC3)c3ccc(Cl)cc23)C1. The summed E-state index contributed by atoms with van der Waals surface area (Å²) in [5, 5.41) is 1.99. The van der Waals surface area contributed by atoms with E-state index in [-0.39, 0.29) is 5.91 Å². The van der Waals surface area contributed by atoms with Gasteiger partial charge in [0.15, 0.2) is 0 Å². The minimum Gasteiger partial charge on any atom is -0.341 e. The van der Waals surface area contributed by atoms with E-state index in [0.29, 0.717) is 6.54 Å². The predicted octanol–water partition coefficient (Wildman–Crippen LogP) is 3.30. The van der Waals surface area contributed by atoms with Crippen LogP contribution in [0.15, 0.2) is 18.2 Å². The second-order valence-corrected chi connectivity index (χ2v) is 7.54. The van der Waals surface area contributed by atoms with Crippen LogP contribution in [0.2, 0.25) is 5.02 Å². The summed E-state index contributed by atoms with van der Waals surface area (Å²) >= 11 is 6.23. The molecule has 128 valence electrons. The number of nitrogens with zero attached hydrogens (tertiary/aromatic N) is 3. The first-order valence-corrected chi connectivity index (χ1v) is 9.27. The Kier molecular flexibility index (Phi) is 4.27. The fourth-order valence-electron chi connectivity index (χ4n) is 4.11. The molecule has 0 radical (unpaired) electrons. The van der Waals surface area contributed by atoms with Gasteiger partial charge >= 0.3 is 0 Å². The van der Waals surface area contributed by atoms with Gasteiger partial charge in [-0.15, -0.1) is 0 Å². The van der Waals surface area contributed by atoms with E-state index < -0.39 is 0 Å². The monoisotopic (exact) mass is 345 g/mol. The standard InChI is InChI=1S/C19H24ClN3O/c1-21-10-7-15-16-11-14(20)5-6-17(16)23(18(15)12-21)13-19(24)22-8-3-2-4-9-22/h5-6,11H,2-4,7-10,12-13H2,1H3. The van der Waals surface area contributed by atoms with E-state index in [1.807, 2.05) is 11.0 Å². The molecule has 4 nitrogen and oxygen atoms in total. The van der Waals surface area contributed by atoms with Crippen molar-refractivity contribution >= 4 is 28.4 Å². The Morgan fingerprint density at radius 2 is 1.96 bits per heavy atom. The lowest BCUT2D eigenvalue weighted by Gasteiger charge is -2.28. The number of benzene rings is 1. The molecule has 2 aromatic rings. The summed E-state index contributed by atoms with van der Waals surface area (Å²) in [5.74, 6) is 0.248. The lowest BCUT2D eigenvalue weighted by atomic mass is 10.0. The van der Waals surface area contributed by atoms with Gasteiger partial charge in [0.2, 0.25) is 5.91 Å². The highest BCUT2D eigenvalue weighted by atomic mass is 35.5. The fraction of sp³-hybridized carbons (Fsp3) is 0.526. The van der Waals surface area contributed by atoms with E-state index in [2.05, 4.69) is 28.6 Å². The maximum absolute atomic E-state index is 12.8. The molecule has 1 amide bonds. The van der Waals surface area contributed by atoms with Crippen molar-refractivity contribution in [3.63, 3.8) is 0 Å². The van der Waals surface area contributed by atoms with Crippen LogP contribution in [0, 0.1) is 0 Å². The maximum Gasteiger partial charge on any atom is 0.242 e. The van der Waals surface area contributed by atoms with Gasteiger partial charge in [-0.1, -0.05) is 11.6 Å². The van der Waals surface area contributed by atoms with Crippen molar-refractivity contribution in [3.05, 3.63) is 34.5 Å². The molecule has 0 spiro atoms. The molecule has 5 heteroatoms. The molecule has 1 aromatic carbocycles. The Labute approximate surface area is 148 Å². The Morgan fingerprint density at radius 3 is 2.75 bits per heavy atom. The van der Waals surface area contributed by atoms with Crippen molar-refractivity contribution in [3.8, 4) is 0 Å². The topological polar surface area (TPSA) is 28.5 Å². The van der Waals surface area contributed by atoms with Crippen LogP contribution in [0.5, 0.6) is 0 Å². The van der Waals surface area contributed by atoms with Crippen molar-refractivity contribution < 1.29 is 4.79 Å². The second kappa shape index (κ2) is 6.41. The summed E-state index contributed by atoms with van der Waals surface area (Å²) in [6, 6.07) is 6.06. The zero-order chi connectivity index (χ0) is 16.7. The van der Waals surface area contributed by atoms with Gasteiger partial charge in [0.1, 0.15) is 6.54 Å². The lowest BCUT2D eigenvalue weighted by molar-refractivity contribution is -0.132. The Bertz CT molecular complexity index is 777. The number of carbonyl (C=O) groups is 1. The summed E-state index contributed by atoms with van der Waals surface area (Å²) in [6.45, 7) is 4.22. The highest BCUT2D eigenvalue weighted by Crippen LogP contribution is 2.32. The quantitative estimate of drug-likeness (QED) is 0.835. The van der Waals surface area contributed by atoms with Gasteiger partial charge in [-0.25, -0.2) is 0 Å². The first-order chi connectivity index (χ1) is 11.6. The third-order valence-electron chi connectivity index (χ3n) is 5.41. The number of likely N-dealkylation sites (N-methyl/N-ethyl adjacent to an activating group) is 1. The average Bonchev–Trinajstić information content (AvgIpc) is 2.88. The first-order valence-electron chi connectivity index (χ1n) is 8.89. The van der Waals surface area contributed by atoms with Gasteiger partial charge in [0.05, 0.1) is 0 Å². The van der Waals surface area contributed by atoms with Gasteiger partial charge in [0, 0.05) is 47.8 Å². The van der Waals surface area contributed by atoms with Crippen LogP contribution < -0.4 is 0 Å². The van der Waals surface area contributed by atoms with Crippen LogP contribution in [0.1, 0.15) is 30.5 Å². The molecule has 1 saturated heterocycles. The average molecular weight is 346 g/mol. The van der Waals surface area contributed by atoms with Crippen LogP contribution in [0.3, 0.4) is 0 Å². The minimum atomic E-state index is 0.248. The maximum atomic E-state index is 12.8. The lowest BCUT2D eigenvalue weighted by Crippen LogP contribution is -2.38. The number of hydrogen-bond acceptors (Lipinski definition) is 2. The first kappa shape index (κ1) is 16.0. The van der Waals surface area contributed by atoms with Crippen molar-refractivity contribution in [1.29, 1.82) is 0 Å². The molecule has 4 rings (SSSR count). The van der Waals surface area contributed by atoms with Crippen molar-refractivity contribution in [2.75, 3.05) is 26.7 Å². The van der Waals surface area contributed by atoms with E-state index in [0.717, 1.165) is 56.0 Å². The summed E-state index contributed by atoms with van der Waals surface area (Å²) in [4.78, 5) is 17.2. The molecule has 3 heterocycles. The molecule has 0 bridgehead atoms. The Balaban J connectivity index is 1.73. The molecule has 24 heavy (non-hydrogen) atoms. The van der Waals surface area contributed by atoms with Crippen LogP contribution >= 0.6 is 11.6 Å². The molecule has 2 aliphatic rings.